The van der Waals surface area contributed by atoms with E-state index in [-0.39, 0.29) is 6.47 Å². The first-order valence-corrected chi connectivity index (χ1v) is 4.59. The molecule has 3 nitrogen and oxygen atoms in total. The van der Waals surface area contributed by atoms with E-state index in [2.05, 4.69) is 36.2 Å². The van der Waals surface area contributed by atoms with Crippen LogP contribution in [0.25, 0.3) is 10.9 Å². The van der Waals surface area contributed by atoms with Crippen LogP contribution in [0.2, 0.25) is 0 Å². The summed E-state index contributed by atoms with van der Waals surface area (Å²) in [5.74, 6) is 0. The average Bonchev–Trinajstić information content (AvgIpc) is 2.20. The number of carboxylic acid groups (broad SMARTS) is 1. The predicted molar refractivity (Wildman–Crippen MR) is 59.9 cm³/mol. The minimum absolute atomic E-state index is 0.250. The van der Waals surface area contributed by atoms with Gasteiger partial charge < -0.3 is 5.11 Å². The predicted octanol–water partition coefficient (Wildman–Crippen LogP) is 2.55. The normalized spacial score (nSPS) is 9.20. The highest BCUT2D eigenvalue weighted by atomic mass is 16.3. The maximum Gasteiger partial charge on any atom is 0.290 e. The van der Waals surface area contributed by atoms with Crippen molar-refractivity contribution in [2.75, 3.05) is 0 Å². The molecule has 0 radical (unpaired) electrons. The van der Waals surface area contributed by atoms with E-state index in [0.29, 0.717) is 0 Å². The molecule has 2 rings (SSSR count). The quantitative estimate of drug-likeness (QED) is 0.669. The molecule has 1 heterocycles. The molecule has 1 N–H and O–H groups in total. The molecule has 0 bridgehead atoms. The number of rotatable bonds is 0. The zero-order chi connectivity index (χ0) is 11.3. The Balaban J connectivity index is 0.000000337. The van der Waals surface area contributed by atoms with Crippen molar-refractivity contribution in [2.45, 2.75) is 13.8 Å². The van der Waals surface area contributed by atoms with Gasteiger partial charge in [0, 0.05) is 11.1 Å². The van der Waals surface area contributed by atoms with Crippen LogP contribution in [-0.4, -0.2) is 16.6 Å². The van der Waals surface area contributed by atoms with Gasteiger partial charge in [-0.1, -0.05) is 17.7 Å². The second-order valence-corrected chi connectivity index (χ2v) is 3.25. The van der Waals surface area contributed by atoms with Crippen LogP contribution >= 0.6 is 0 Å². The molecule has 15 heavy (non-hydrogen) atoms. The Morgan fingerprint density at radius 2 is 1.87 bits per heavy atom. The Morgan fingerprint density at radius 3 is 2.53 bits per heavy atom. The molecule has 0 amide bonds. The van der Waals surface area contributed by atoms with Crippen LogP contribution < -0.4 is 0 Å². The summed E-state index contributed by atoms with van der Waals surface area (Å²) in [6.07, 6.45) is 0. The number of hydrogen-bond acceptors (Lipinski definition) is 2. The molecule has 0 aliphatic heterocycles. The number of nitrogens with zero attached hydrogens (tertiary/aromatic N) is 1. The Hall–Kier alpha value is -1.90. The fourth-order valence-corrected chi connectivity index (χ4v) is 1.35. The summed E-state index contributed by atoms with van der Waals surface area (Å²) < 4.78 is 0. The molecule has 0 aliphatic rings. The highest BCUT2D eigenvalue weighted by molar-refractivity contribution is 5.79. The lowest BCUT2D eigenvalue weighted by Gasteiger charge is -1.99. The van der Waals surface area contributed by atoms with Crippen molar-refractivity contribution in [2.24, 2.45) is 0 Å². The Morgan fingerprint density at radius 1 is 1.20 bits per heavy atom. The molecule has 0 aliphatic carbocycles. The first-order chi connectivity index (χ1) is 7.17. The van der Waals surface area contributed by atoms with Crippen molar-refractivity contribution < 1.29 is 9.90 Å². The summed E-state index contributed by atoms with van der Waals surface area (Å²) in [7, 11) is 0. The van der Waals surface area contributed by atoms with Crippen molar-refractivity contribution in [3.8, 4) is 0 Å². The van der Waals surface area contributed by atoms with Crippen molar-refractivity contribution >= 4 is 17.4 Å². The van der Waals surface area contributed by atoms with Gasteiger partial charge in [0.1, 0.15) is 0 Å². The van der Waals surface area contributed by atoms with Crippen molar-refractivity contribution in [3.63, 3.8) is 0 Å². The molecular weight excluding hydrogens is 190 g/mol. The van der Waals surface area contributed by atoms with Gasteiger partial charge in [0.15, 0.2) is 0 Å². The second kappa shape index (κ2) is 5.10. The van der Waals surface area contributed by atoms with E-state index >= 15 is 0 Å². The smallest absolute Gasteiger partial charge is 0.290 e. The molecule has 0 atom stereocenters. The SMILES string of the molecule is Cc1ccc2nc(C)ccc2c1.O=CO. The summed E-state index contributed by atoms with van der Waals surface area (Å²) in [5, 5.41) is 8.11. The number of fused-ring (bicyclic) bond motifs is 1. The molecular formula is C12H13NO2. The van der Waals surface area contributed by atoms with Gasteiger partial charge in [-0.3, -0.25) is 9.78 Å². The van der Waals surface area contributed by atoms with Gasteiger partial charge in [0.25, 0.3) is 6.47 Å². The molecule has 0 spiro atoms. The van der Waals surface area contributed by atoms with Crippen LogP contribution in [0, 0.1) is 13.8 Å². The van der Waals surface area contributed by atoms with Crippen molar-refractivity contribution in [1.82, 2.24) is 4.98 Å². The molecule has 0 fully saturated rings. The largest absolute Gasteiger partial charge is 0.483 e. The van der Waals surface area contributed by atoms with E-state index in [9.17, 15) is 0 Å². The third-order valence-corrected chi connectivity index (χ3v) is 1.98. The van der Waals surface area contributed by atoms with Gasteiger partial charge in [-0.15, -0.1) is 0 Å². The van der Waals surface area contributed by atoms with Crippen LogP contribution in [0.15, 0.2) is 30.3 Å². The number of aryl methyl sites for hydroxylation is 2. The van der Waals surface area contributed by atoms with E-state index < -0.39 is 0 Å². The first-order valence-electron chi connectivity index (χ1n) is 4.59. The first kappa shape index (κ1) is 11.2. The molecule has 1 aromatic carbocycles. The minimum Gasteiger partial charge on any atom is -0.483 e. The lowest BCUT2D eigenvalue weighted by atomic mass is 10.1. The van der Waals surface area contributed by atoms with E-state index in [1.807, 2.05) is 13.0 Å². The summed E-state index contributed by atoms with van der Waals surface area (Å²) in [4.78, 5) is 12.8. The summed E-state index contributed by atoms with van der Waals surface area (Å²) in [6.45, 7) is 3.86. The lowest BCUT2D eigenvalue weighted by Crippen LogP contribution is -1.82. The maximum atomic E-state index is 8.36. The van der Waals surface area contributed by atoms with E-state index in [0.717, 1.165) is 11.2 Å². The van der Waals surface area contributed by atoms with Crippen molar-refractivity contribution in [1.29, 1.82) is 0 Å². The average molecular weight is 203 g/mol. The monoisotopic (exact) mass is 203 g/mol. The molecule has 0 saturated carbocycles. The third kappa shape index (κ3) is 3.06. The van der Waals surface area contributed by atoms with Crippen LogP contribution in [0.3, 0.4) is 0 Å². The lowest BCUT2D eigenvalue weighted by molar-refractivity contribution is -0.122. The summed E-state index contributed by atoms with van der Waals surface area (Å²) in [6, 6.07) is 10.5. The summed E-state index contributed by atoms with van der Waals surface area (Å²) >= 11 is 0. The fourth-order valence-electron chi connectivity index (χ4n) is 1.35. The topological polar surface area (TPSA) is 50.2 Å². The highest BCUT2D eigenvalue weighted by Crippen LogP contribution is 2.13. The van der Waals surface area contributed by atoms with Gasteiger partial charge >= 0.3 is 0 Å². The molecule has 3 heteroatoms. The van der Waals surface area contributed by atoms with Gasteiger partial charge in [0.2, 0.25) is 0 Å². The van der Waals surface area contributed by atoms with Gasteiger partial charge in [-0.25, -0.2) is 0 Å². The van der Waals surface area contributed by atoms with Gasteiger partial charge in [0.05, 0.1) is 5.52 Å². The standard InChI is InChI=1S/C11H11N.CH2O2/c1-8-3-6-11-10(7-8)5-4-9(2)12-11;2-1-3/h3-7H,1-2H3;1H,(H,2,3). The number of benzene rings is 1. The second-order valence-electron chi connectivity index (χ2n) is 3.25. The number of pyridine rings is 1. The van der Waals surface area contributed by atoms with E-state index in [4.69, 9.17) is 9.90 Å². The van der Waals surface area contributed by atoms with Crippen LogP contribution in [0.4, 0.5) is 0 Å². The van der Waals surface area contributed by atoms with Crippen LogP contribution in [-0.2, 0) is 4.79 Å². The molecule has 1 aromatic heterocycles. The number of hydrogen-bond donors (Lipinski definition) is 1. The zero-order valence-electron chi connectivity index (χ0n) is 8.77. The minimum atomic E-state index is -0.250. The van der Waals surface area contributed by atoms with E-state index in [1.54, 1.807) is 0 Å². The van der Waals surface area contributed by atoms with Crippen molar-refractivity contribution in [3.05, 3.63) is 41.6 Å². The molecule has 2 aromatic rings. The number of aromatic nitrogens is 1. The fraction of sp³-hybridized carbons (Fsp3) is 0.167. The van der Waals surface area contributed by atoms with Gasteiger partial charge in [-0.2, -0.15) is 0 Å². The molecule has 0 saturated heterocycles. The number of carbonyl (C=O) groups is 1. The third-order valence-electron chi connectivity index (χ3n) is 1.98. The molecule has 0 unspecified atom stereocenters. The maximum absolute atomic E-state index is 8.36. The Kier molecular flexibility index (Phi) is 3.80. The Bertz CT molecular complexity index is 425. The molecule has 78 valence electrons. The highest BCUT2D eigenvalue weighted by Gasteiger charge is 1.94. The Labute approximate surface area is 88.4 Å². The van der Waals surface area contributed by atoms with E-state index in [1.165, 1.54) is 10.9 Å². The summed E-state index contributed by atoms with van der Waals surface area (Å²) in [5.41, 5.74) is 3.44. The van der Waals surface area contributed by atoms with Crippen LogP contribution in [0.1, 0.15) is 11.3 Å². The van der Waals surface area contributed by atoms with Gasteiger partial charge in [-0.05, 0) is 32.0 Å². The zero-order valence-corrected chi connectivity index (χ0v) is 8.77. The van der Waals surface area contributed by atoms with Crippen LogP contribution in [0.5, 0.6) is 0 Å².